The highest BCUT2D eigenvalue weighted by Gasteiger charge is 2.28. The number of hydrogen-bond donors (Lipinski definition) is 3. The fraction of sp³-hybridized carbons (Fsp3) is 0.333. The number of amides is 1. The molecule has 1 aliphatic carbocycles. The molecule has 0 saturated heterocycles. The Bertz CT molecular complexity index is 739. The van der Waals surface area contributed by atoms with Crippen LogP contribution in [0.15, 0.2) is 47.3 Å². The number of H-pyrrole nitrogens is 1. The summed E-state index contributed by atoms with van der Waals surface area (Å²) in [5.41, 5.74) is 7.12. The molecule has 1 amide bonds. The fourth-order valence-corrected chi connectivity index (χ4v) is 3.19. The first-order valence-electron chi connectivity index (χ1n) is 7.98. The summed E-state index contributed by atoms with van der Waals surface area (Å²) in [6, 6.07) is 13.0. The van der Waals surface area contributed by atoms with Crippen molar-refractivity contribution in [3.8, 4) is 11.3 Å². The van der Waals surface area contributed by atoms with Crippen LogP contribution in [0.3, 0.4) is 0 Å². The smallest absolute Gasteiger partial charge is 0.261 e. The van der Waals surface area contributed by atoms with Gasteiger partial charge in [0.1, 0.15) is 5.56 Å². The highest BCUT2D eigenvalue weighted by molar-refractivity contribution is 5.94. The van der Waals surface area contributed by atoms with Crippen molar-refractivity contribution in [2.24, 2.45) is 11.7 Å². The van der Waals surface area contributed by atoms with Crippen LogP contribution in [0.1, 0.15) is 29.6 Å². The van der Waals surface area contributed by atoms with Crippen LogP contribution in [0, 0.1) is 5.92 Å². The molecule has 120 valence electrons. The molecule has 2 atom stereocenters. The Morgan fingerprint density at radius 1 is 1.17 bits per heavy atom. The van der Waals surface area contributed by atoms with Crippen LogP contribution >= 0.6 is 0 Å². The number of pyridine rings is 1. The number of hydrogen-bond acceptors (Lipinski definition) is 3. The zero-order chi connectivity index (χ0) is 16.2. The number of nitrogens with one attached hydrogen (secondary N) is 2. The van der Waals surface area contributed by atoms with E-state index in [0.717, 1.165) is 24.8 Å². The van der Waals surface area contributed by atoms with Gasteiger partial charge in [0.2, 0.25) is 0 Å². The number of rotatable bonds is 4. The molecule has 1 heterocycles. The van der Waals surface area contributed by atoms with Gasteiger partial charge in [0.05, 0.1) is 0 Å². The summed E-state index contributed by atoms with van der Waals surface area (Å²) >= 11 is 0. The minimum atomic E-state index is -0.369. The molecule has 5 heteroatoms. The molecule has 3 rings (SSSR count). The van der Waals surface area contributed by atoms with Crippen LogP contribution in [0.4, 0.5) is 0 Å². The summed E-state index contributed by atoms with van der Waals surface area (Å²) in [4.78, 5) is 27.4. The van der Waals surface area contributed by atoms with Crippen LogP contribution in [0.25, 0.3) is 11.3 Å². The van der Waals surface area contributed by atoms with E-state index in [4.69, 9.17) is 5.73 Å². The maximum Gasteiger partial charge on any atom is 0.261 e. The Balaban J connectivity index is 1.78. The highest BCUT2D eigenvalue weighted by atomic mass is 16.2. The van der Waals surface area contributed by atoms with E-state index < -0.39 is 0 Å². The van der Waals surface area contributed by atoms with Crippen molar-refractivity contribution in [1.82, 2.24) is 10.3 Å². The second kappa shape index (κ2) is 6.79. The van der Waals surface area contributed by atoms with Crippen molar-refractivity contribution in [3.63, 3.8) is 0 Å². The molecule has 1 aromatic carbocycles. The van der Waals surface area contributed by atoms with Crippen LogP contribution in [-0.2, 0) is 0 Å². The van der Waals surface area contributed by atoms with Crippen LogP contribution < -0.4 is 16.6 Å². The SMILES string of the molecule is NCC1CCCC1NC(=O)c1ccc(-c2ccccc2)[nH]c1=O. The van der Waals surface area contributed by atoms with Gasteiger partial charge in [-0.15, -0.1) is 0 Å². The summed E-state index contributed by atoms with van der Waals surface area (Å²) in [5, 5.41) is 2.96. The standard InChI is InChI=1S/C18H21N3O2/c19-11-13-7-4-8-15(13)20-17(22)14-9-10-16(21-18(14)23)12-5-2-1-3-6-12/h1-3,5-6,9-10,13,15H,4,7-8,11,19H2,(H,20,22)(H,21,23). The monoisotopic (exact) mass is 311 g/mol. The minimum absolute atomic E-state index is 0.0701. The molecule has 5 nitrogen and oxygen atoms in total. The molecule has 2 unspecified atom stereocenters. The number of aromatic nitrogens is 1. The third-order valence-corrected chi connectivity index (χ3v) is 4.52. The third kappa shape index (κ3) is 3.35. The van der Waals surface area contributed by atoms with E-state index >= 15 is 0 Å². The van der Waals surface area contributed by atoms with Gasteiger partial charge >= 0.3 is 0 Å². The average molecular weight is 311 g/mol. The normalized spacial score (nSPS) is 20.4. The topological polar surface area (TPSA) is 88.0 Å². The Morgan fingerprint density at radius 3 is 2.65 bits per heavy atom. The molecular weight excluding hydrogens is 290 g/mol. The van der Waals surface area contributed by atoms with Gasteiger partial charge in [-0.25, -0.2) is 0 Å². The van der Waals surface area contributed by atoms with E-state index in [2.05, 4.69) is 10.3 Å². The molecule has 2 aromatic rings. The summed E-state index contributed by atoms with van der Waals surface area (Å²) in [6.45, 7) is 0.564. The van der Waals surface area contributed by atoms with Crippen molar-refractivity contribution < 1.29 is 4.79 Å². The Kier molecular flexibility index (Phi) is 4.57. The number of carbonyl (C=O) groups is 1. The molecule has 1 aliphatic rings. The quantitative estimate of drug-likeness (QED) is 0.806. The number of aromatic amines is 1. The van der Waals surface area contributed by atoms with Gasteiger partial charge in [-0.3, -0.25) is 9.59 Å². The van der Waals surface area contributed by atoms with E-state index in [1.165, 1.54) is 0 Å². The van der Waals surface area contributed by atoms with Crippen LogP contribution in [0.5, 0.6) is 0 Å². The van der Waals surface area contributed by atoms with Gasteiger partial charge < -0.3 is 16.0 Å². The van der Waals surface area contributed by atoms with Crippen LogP contribution in [0.2, 0.25) is 0 Å². The summed E-state index contributed by atoms with van der Waals surface area (Å²) < 4.78 is 0. The predicted octanol–water partition coefficient (Wildman–Crippen LogP) is 1.90. The lowest BCUT2D eigenvalue weighted by Gasteiger charge is -2.19. The van der Waals surface area contributed by atoms with Gasteiger partial charge in [0.25, 0.3) is 11.5 Å². The number of nitrogens with two attached hydrogens (primary N) is 1. The first-order valence-corrected chi connectivity index (χ1v) is 7.98. The summed E-state index contributed by atoms with van der Waals surface area (Å²) in [7, 11) is 0. The van der Waals surface area contributed by atoms with Crippen molar-refractivity contribution in [2.45, 2.75) is 25.3 Å². The number of benzene rings is 1. The Labute approximate surface area is 134 Å². The lowest BCUT2D eigenvalue weighted by Crippen LogP contribution is -2.41. The molecule has 0 spiro atoms. The molecule has 23 heavy (non-hydrogen) atoms. The molecule has 4 N–H and O–H groups in total. The van der Waals surface area contributed by atoms with E-state index in [1.807, 2.05) is 30.3 Å². The number of carbonyl (C=O) groups excluding carboxylic acids is 1. The lowest BCUT2D eigenvalue weighted by molar-refractivity contribution is 0.0927. The van der Waals surface area contributed by atoms with Crippen molar-refractivity contribution in [1.29, 1.82) is 0 Å². The Hall–Kier alpha value is -2.40. The zero-order valence-corrected chi connectivity index (χ0v) is 12.9. The minimum Gasteiger partial charge on any atom is -0.349 e. The average Bonchev–Trinajstić information content (AvgIpc) is 3.02. The maximum atomic E-state index is 12.4. The van der Waals surface area contributed by atoms with Gasteiger partial charge in [-0.05, 0) is 43.0 Å². The molecule has 1 fully saturated rings. The molecule has 0 aliphatic heterocycles. The molecule has 0 radical (unpaired) electrons. The predicted molar refractivity (Wildman–Crippen MR) is 90.1 cm³/mol. The first-order chi connectivity index (χ1) is 11.2. The van der Waals surface area contributed by atoms with E-state index in [-0.39, 0.29) is 23.1 Å². The second-order valence-corrected chi connectivity index (χ2v) is 5.99. The van der Waals surface area contributed by atoms with E-state index in [9.17, 15) is 9.59 Å². The van der Waals surface area contributed by atoms with Gasteiger partial charge in [0, 0.05) is 11.7 Å². The Morgan fingerprint density at radius 2 is 1.96 bits per heavy atom. The molecule has 0 bridgehead atoms. The fourth-order valence-electron chi connectivity index (χ4n) is 3.19. The van der Waals surface area contributed by atoms with Crippen molar-refractivity contribution in [3.05, 3.63) is 58.4 Å². The summed E-state index contributed by atoms with van der Waals surface area (Å²) in [5.74, 6) is -0.0159. The molecular formula is C18H21N3O2. The zero-order valence-electron chi connectivity index (χ0n) is 12.9. The maximum absolute atomic E-state index is 12.4. The largest absolute Gasteiger partial charge is 0.349 e. The van der Waals surface area contributed by atoms with Gasteiger partial charge in [-0.1, -0.05) is 36.8 Å². The summed E-state index contributed by atoms with van der Waals surface area (Å²) in [6.07, 6.45) is 3.02. The van der Waals surface area contributed by atoms with Crippen molar-refractivity contribution >= 4 is 5.91 Å². The second-order valence-electron chi connectivity index (χ2n) is 5.99. The lowest BCUT2D eigenvalue weighted by atomic mass is 10.0. The van der Waals surface area contributed by atoms with Crippen LogP contribution in [-0.4, -0.2) is 23.5 Å². The third-order valence-electron chi connectivity index (χ3n) is 4.52. The van der Waals surface area contributed by atoms with Gasteiger partial charge in [-0.2, -0.15) is 0 Å². The van der Waals surface area contributed by atoms with Gasteiger partial charge in [0.15, 0.2) is 0 Å². The molecule has 1 aromatic heterocycles. The van der Waals surface area contributed by atoms with Crippen molar-refractivity contribution in [2.75, 3.05) is 6.54 Å². The van der Waals surface area contributed by atoms with E-state index in [0.29, 0.717) is 18.2 Å². The molecule has 1 saturated carbocycles. The van der Waals surface area contributed by atoms with E-state index in [1.54, 1.807) is 12.1 Å². The highest BCUT2D eigenvalue weighted by Crippen LogP contribution is 2.24. The first kappa shape index (κ1) is 15.5.